The smallest absolute Gasteiger partial charge is 0.0175 e. The summed E-state index contributed by atoms with van der Waals surface area (Å²) in [5.41, 5.74) is 1.23. The molecule has 1 aliphatic heterocycles. The summed E-state index contributed by atoms with van der Waals surface area (Å²) in [7, 11) is 0. The first-order valence-electron chi connectivity index (χ1n) is 4.10. The molecule has 0 aromatic heterocycles. The zero-order chi connectivity index (χ0) is 7.56. The molecule has 1 heteroatoms. The molecule has 58 valence electrons. The highest BCUT2D eigenvalue weighted by Crippen LogP contribution is 2.22. The van der Waals surface area contributed by atoms with Crippen molar-refractivity contribution in [3.8, 4) is 0 Å². The van der Waals surface area contributed by atoms with Crippen molar-refractivity contribution in [2.24, 2.45) is 11.8 Å². The Labute approximate surface area is 63.5 Å². The molecule has 10 heavy (non-hydrogen) atoms. The standard InChI is InChI=1S/C9H17N/c1-7(2)4-9-5-8(3)10-6-9/h7,9-10H,3-6H2,1-2H3/t9-/m0/s1. The van der Waals surface area contributed by atoms with E-state index in [1.807, 2.05) is 0 Å². The summed E-state index contributed by atoms with van der Waals surface area (Å²) in [6, 6.07) is 0. The molecule has 0 saturated carbocycles. The Morgan fingerprint density at radius 3 is 2.80 bits per heavy atom. The van der Waals surface area contributed by atoms with E-state index in [4.69, 9.17) is 0 Å². The Balaban J connectivity index is 2.24. The highest BCUT2D eigenvalue weighted by molar-refractivity contribution is 4.99. The van der Waals surface area contributed by atoms with Gasteiger partial charge in [-0.3, -0.25) is 0 Å². The molecule has 0 radical (unpaired) electrons. The van der Waals surface area contributed by atoms with Gasteiger partial charge >= 0.3 is 0 Å². The van der Waals surface area contributed by atoms with Gasteiger partial charge in [0, 0.05) is 12.2 Å². The number of hydrogen-bond donors (Lipinski definition) is 1. The largest absolute Gasteiger partial charge is 0.389 e. The molecule has 1 rings (SSSR count). The van der Waals surface area contributed by atoms with Gasteiger partial charge in [-0.1, -0.05) is 20.4 Å². The Morgan fingerprint density at radius 1 is 1.70 bits per heavy atom. The van der Waals surface area contributed by atoms with Crippen LogP contribution in [0.1, 0.15) is 26.7 Å². The number of nitrogens with one attached hydrogen (secondary N) is 1. The van der Waals surface area contributed by atoms with E-state index >= 15 is 0 Å². The van der Waals surface area contributed by atoms with Crippen LogP contribution in [0, 0.1) is 11.8 Å². The van der Waals surface area contributed by atoms with Gasteiger partial charge in [-0.2, -0.15) is 0 Å². The van der Waals surface area contributed by atoms with Crippen molar-refractivity contribution >= 4 is 0 Å². The maximum absolute atomic E-state index is 3.90. The number of rotatable bonds is 2. The Kier molecular flexibility index (Phi) is 2.36. The average molecular weight is 139 g/mol. The summed E-state index contributed by atoms with van der Waals surface area (Å²) in [5, 5.41) is 3.28. The van der Waals surface area contributed by atoms with Gasteiger partial charge < -0.3 is 5.32 Å². The summed E-state index contributed by atoms with van der Waals surface area (Å²) in [6.45, 7) is 9.61. The first kappa shape index (κ1) is 7.64. The van der Waals surface area contributed by atoms with Crippen LogP contribution >= 0.6 is 0 Å². The molecule has 0 aromatic carbocycles. The fourth-order valence-electron chi connectivity index (χ4n) is 1.61. The molecule has 0 amide bonds. The minimum absolute atomic E-state index is 0.831. The maximum atomic E-state index is 3.90. The molecule has 0 aliphatic carbocycles. The van der Waals surface area contributed by atoms with Gasteiger partial charge in [0.1, 0.15) is 0 Å². The second kappa shape index (κ2) is 3.09. The predicted octanol–water partition coefficient (Wildman–Crippen LogP) is 2.16. The molecular weight excluding hydrogens is 122 g/mol. The zero-order valence-electron chi connectivity index (χ0n) is 6.98. The van der Waals surface area contributed by atoms with Crippen LogP contribution in [-0.2, 0) is 0 Å². The van der Waals surface area contributed by atoms with Crippen LogP contribution in [0.4, 0.5) is 0 Å². The molecule has 1 saturated heterocycles. The predicted molar refractivity (Wildman–Crippen MR) is 44.7 cm³/mol. The minimum Gasteiger partial charge on any atom is -0.389 e. The van der Waals surface area contributed by atoms with Gasteiger partial charge in [-0.05, 0) is 24.7 Å². The molecule has 0 spiro atoms. The highest BCUT2D eigenvalue weighted by atomic mass is 14.9. The third-order valence-corrected chi connectivity index (χ3v) is 1.98. The van der Waals surface area contributed by atoms with Crippen molar-refractivity contribution in [3.63, 3.8) is 0 Å². The lowest BCUT2D eigenvalue weighted by molar-refractivity contribution is 0.440. The highest BCUT2D eigenvalue weighted by Gasteiger charge is 2.17. The Hall–Kier alpha value is -0.460. The fraction of sp³-hybridized carbons (Fsp3) is 0.778. The van der Waals surface area contributed by atoms with Crippen molar-refractivity contribution in [1.29, 1.82) is 0 Å². The van der Waals surface area contributed by atoms with Crippen LogP contribution < -0.4 is 5.32 Å². The SMILES string of the molecule is C=C1C[C@H](CC(C)C)CN1. The van der Waals surface area contributed by atoms with Crippen LogP contribution in [0.2, 0.25) is 0 Å². The van der Waals surface area contributed by atoms with E-state index in [1.54, 1.807) is 0 Å². The van der Waals surface area contributed by atoms with E-state index in [0.717, 1.165) is 18.4 Å². The van der Waals surface area contributed by atoms with Crippen molar-refractivity contribution in [3.05, 3.63) is 12.3 Å². The maximum Gasteiger partial charge on any atom is 0.0175 e. The van der Waals surface area contributed by atoms with Gasteiger partial charge in [0.05, 0.1) is 0 Å². The molecule has 1 aliphatic rings. The molecule has 0 unspecified atom stereocenters. The summed E-state index contributed by atoms with van der Waals surface area (Å²) in [5.74, 6) is 1.69. The molecule has 1 fully saturated rings. The number of hydrogen-bond acceptors (Lipinski definition) is 1. The van der Waals surface area contributed by atoms with Crippen molar-refractivity contribution in [1.82, 2.24) is 5.32 Å². The summed E-state index contributed by atoms with van der Waals surface area (Å²) >= 11 is 0. The Bertz CT molecular complexity index is 127. The summed E-state index contributed by atoms with van der Waals surface area (Å²) < 4.78 is 0. The van der Waals surface area contributed by atoms with Crippen LogP contribution in [0.5, 0.6) is 0 Å². The third-order valence-electron chi connectivity index (χ3n) is 1.98. The second-order valence-electron chi connectivity index (χ2n) is 3.68. The normalized spacial score (nSPS) is 25.5. The molecule has 1 nitrogen and oxygen atoms in total. The van der Waals surface area contributed by atoms with Crippen molar-refractivity contribution in [2.75, 3.05) is 6.54 Å². The van der Waals surface area contributed by atoms with Crippen LogP contribution in [0.25, 0.3) is 0 Å². The van der Waals surface area contributed by atoms with Crippen molar-refractivity contribution < 1.29 is 0 Å². The summed E-state index contributed by atoms with van der Waals surface area (Å²) in [4.78, 5) is 0. The molecular formula is C9H17N. The summed E-state index contributed by atoms with van der Waals surface area (Å²) in [6.07, 6.45) is 2.53. The van der Waals surface area contributed by atoms with Gasteiger partial charge in [0.15, 0.2) is 0 Å². The third kappa shape index (κ3) is 2.05. The van der Waals surface area contributed by atoms with E-state index < -0.39 is 0 Å². The minimum atomic E-state index is 0.831. The van der Waals surface area contributed by atoms with Gasteiger partial charge in [-0.15, -0.1) is 0 Å². The van der Waals surface area contributed by atoms with E-state index in [2.05, 4.69) is 25.7 Å². The quantitative estimate of drug-likeness (QED) is 0.618. The molecule has 1 heterocycles. The van der Waals surface area contributed by atoms with Gasteiger partial charge in [0.25, 0.3) is 0 Å². The molecule has 1 atom stereocenters. The van der Waals surface area contributed by atoms with E-state index in [9.17, 15) is 0 Å². The first-order chi connectivity index (χ1) is 4.68. The Morgan fingerprint density at radius 2 is 2.40 bits per heavy atom. The monoisotopic (exact) mass is 139 g/mol. The number of allylic oxidation sites excluding steroid dienone is 1. The second-order valence-corrected chi connectivity index (χ2v) is 3.68. The van der Waals surface area contributed by atoms with Crippen LogP contribution in [0.15, 0.2) is 12.3 Å². The average Bonchev–Trinajstić information content (AvgIpc) is 2.13. The topological polar surface area (TPSA) is 12.0 Å². The van der Waals surface area contributed by atoms with Gasteiger partial charge in [0.2, 0.25) is 0 Å². The van der Waals surface area contributed by atoms with Gasteiger partial charge in [-0.25, -0.2) is 0 Å². The first-order valence-corrected chi connectivity index (χ1v) is 4.10. The fourth-order valence-corrected chi connectivity index (χ4v) is 1.61. The molecule has 1 N–H and O–H groups in total. The van der Waals surface area contributed by atoms with Crippen LogP contribution in [0.3, 0.4) is 0 Å². The van der Waals surface area contributed by atoms with Crippen molar-refractivity contribution in [2.45, 2.75) is 26.7 Å². The lowest BCUT2D eigenvalue weighted by Gasteiger charge is -2.09. The lowest BCUT2D eigenvalue weighted by atomic mass is 9.96. The lowest BCUT2D eigenvalue weighted by Crippen LogP contribution is -2.09. The zero-order valence-corrected chi connectivity index (χ0v) is 6.98. The molecule has 0 aromatic rings. The van der Waals surface area contributed by atoms with E-state index in [0.29, 0.717) is 0 Å². The van der Waals surface area contributed by atoms with E-state index in [-0.39, 0.29) is 0 Å². The van der Waals surface area contributed by atoms with Crippen LogP contribution in [-0.4, -0.2) is 6.54 Å². The molecule has 0 bridgehead atoms. The van der Waals surface area contributed by atoms with E-state index in [1.165, 1.54) is 18.5 Å².